The van der Waals surface area contributed by atoms with Gasteiger partial charge in [0.15, 0.2) is 0 Å². The number of hydrogen-bond acceptors (Lipinski definition) is 2. The lowest BCUT2D eigenvalue weighted by molar-refractivity contribution is -0.117. The average molecular weight is 369 g/mol. The topological polar surface area (TPSA) is 32.3 Å². The van der Waals surface area contributed by atoms with Gasteiger partial charge in [0.25, 0.3) is 0 Å². The van der Waals surface area contributed by atoms with Gasteiger partial charge in [-0.1, -0.05) is 28.1 Å². The van der Waals surface area contributed by atoms with Gasteiger partial charge in [-0.2, -0.15) is 0 Å². The number of carbonyl (C=O) groups excluding carboxylic acids is 1. The predicted octanol–water partition coefficient (Wildman–Crippen LogP) is 3.80. The van der Waals surface area contributed by atoms with Gasteiger partial charge in [0, 0.05) is 17.1 Å². The second-order valence-electron chi connectivity index (χ2n) is 4.97. The smallest absolute Gasteiger partial charge is 0.238 e. The molecule has 0 atom stereocenters. The van der Waals surface area contributed by atoms with E-state index >= 15 is 0 Å². The highest BCUT2D eigenvalue weighted by Gasteiger charge is 2.11. The third-order valence-corrected chi connectivity index (χ3v) is 3.51. The first-order valence-electron chi connectivity index (χ1n) is 6.62. The fourth-order valence-electron chi connectivity index (χ4n) is 1.99. The number of carbonyl (C=O) groups is 1. The van der Waals surface area contributed by atoms with Crippen LogP contribution in [0, 0.1) is 11.6 Å². The van der Waals surface area contributed by atoms with E-state index < -0.39 is 17.5 Å². The maximum absolute atomic E-state index is 13.5. The summed E-state index contributed by atoms with van der Waals surface area (Å²) in [5, 5.41) is 2.37. The van der Waals surface area contributed by atoms with Crippen LogP contribution >= 0.6 is 15.9 Å². The molecule has 2 aromatic carbocycles. The lowest BCUT2D eigenvalue weighted by atomic mass is 10.2. The molecule has 22 heavy (non-hydrogen) atoms. The summed E-state index contributed by atoms with van der Waals surface area (Å²) in [6, 6.07) is 10.7. The number of benzene rings is 2. The van der Waals surface area contributed by atoms with Crippen LogP contribution in [0.5, 0.6) is 0 Å². The zero-order valence-corrected chi connectivity index (χ0v) is 13.5. The Bertz CT molecular complexity index is 662. The Balaban J connectivity index is 1.91. The largest absolute Gasteiger partial charge is 0.322 e. The van der Waals surface area contributed by atoms with Crippen molar-refractivity contribution in [1.29, 1.82) is 0 Å². The molecule has 0 aliphatic heterocycles. The molecule has 0 saturated carbocycles. The number of nitrogens with zero attached hydrogens (tertiary/aromatic N) is 1. The van der Waals surface area contributed by atoms with Gasteiger partial charge in [-0.25, -0.2) is 8.78 Å². The fraction of sp³-hybridized carbons (Fsp3) is 0.188. The number of hydrogen-bond donors (Lipinski definition) is 1. The number of anilines is 1. The zero-order valence-electron chi connectivity index (χ0n) is 11.9. The van der Waals surface area contributed by atoms with Crippen molar-refractivity contribution in [3.8, 4) is 0 Å². The Morgan fingerprint density at radius 3 is 2.55 bits per heavy atom. The van der Waals surface area contributed by atoms with Gasteiger partial charge >= 0.3 is 0 Å². The van der Waals surface area contributed by atoms with Crippen molar-refractivity contribution in [2.24, 2.45) is 0 Å². The van der Waals surface area contributed by atoms with Crippen LogP contribution in [-0.2, 0) is 11.3 Å². The van der Waals surface area contributed by atoms with E-state index in [4.69, 9.17) is 0 Å². The fourth-order valence-corrected chi connectivity index (χ4v) is 2.25. The third-order valence-electron chi connectivity index (χ3n) is 2.98. The summed E-state index contributed by atoms with van der Waals surface area (Å²) >= 11 is 3.36. The summed E-state index contributed by atoms with van der Waals surface area (Å²) < 4.78 is 27.5. The van der Waals surface area contributed by atoms with E-state index in [1.165, 1.54) is 0 Å². The standard InChI is InChI=1S/C16H15BrF2N2O/c1-21(9-11-2-4-12(17)5-3-11)10-16(22)20-15-8-13(18)6-7-14(15)19/h2-8H,9-10H2,1H3,(H,20,22). The van der Waals surface area contributed by atoms with Gasteiger partial charge in [0.05, 0.1) is 12.2 Å². The van der Waals surface area contributed by atoms with Crippen molar-refractivity contribution in [3.05, 3.63) is 64.1 Å². The molecule has 0 aromatic heterocycles. The quantitative estimate of drug-likeness (QED) is 0.870. The summed E-state index contributed by atoms with van der Waals surface area (Å²) in [7, 11) is 1.78. The van der Waals surface area contributed by atoms with Crippen molar-refractivity contribution >= 4 is 27.5 Å². The molecule has 0 radical (unpaired) electrons. The van der Waals surface area contributed by atoms with Crippen LogP contribution in [0.15, 0.2) is 46.9 Å². The second kappa shape index (κ2) is 7.47. The second-order valence-corrected chi connectivity index (χ2v) is 5.89. The molecule has 0 fully saturated rings. The summed E-state index contributed by atoms with van der Waals surface area (Å²) in [6.07, 6.45) is 0. The molecule has 0 aliphatic rings. The van der Waals surface area contributed by atoms with E-state index in [0.29, 0.717) is 6.54 Å². The first-order valence-corrected chi connectivity index (χ1v) is 7.41. The average Bonchev–Trinajstić information content (AvgIpc) is 2.45. The minimum Gasteiger partial charge on any atom is -0.322 e. The van der Waals surface area contributed by atoms with E-state index in [9.17, 15) is 13.6 Å². The molecular formula is C16H15BrF2N2O. The van der Waals surface area contributed by atoms with E-state index in [1.807, 2.05) is 24.3 Å². The molecule has 6 heteroatoms. The number of halogens is 3. The van der Waals surface area contributed by atoms with Gasteiger partial charge < -0.3 is 5.32 Å². The highest BCUT2D eigenvalue weighted by molar-refractivity contribution is 9.10. The van der Waals surface area contributed by atoms with Crippen LogP contribution in [-0.4, -0.2) is 24.4 Å². The van der Waals surface area contributed by atoms with Crippen molar-refractivity contribution in [2.45, 2.75) is 6.54 Å². The first-order chi connectivity index (χ1) is 10.4. The number of likely N-dealkylation sites (N-methyl/N-ethyl adjacent to an activating group) is 1. The van der Waals surface area contributed by atoms with Gasteiger partial charge in [-0.3, -0.25) is 9.69 Å². The first kappa shape index (κ1) is 16.6. The highest BCUT2D eigenvalue weighted by atomic mass is 79.9. The molecule has 0 heterocycles. The van der Waals surface area contributed by atoms with Crippen LogP contribution in [0.25, 0.3) is 0 Å². The minimum atomic E-state index is -0.662. The minimum absolute atomic E-state index is 0.0754. The third kappa shape index (κ3) is 4.89. The van der Waals surface area contributed by atoms with Crippen molar-refractivity contribution < 1.29 is 13.6 Å². The summed E-state index contributed by atoms with van der Waals surface area (Å²) in [5.41, 5.74) is 0.900. The molecule has 0 unspecified atom stereocenters. The Morgan fingerprint density at radius 1 is 1.18 bits per heavy atom. The van der Waals surface area contributed by atoms with Crippen LogP contribution in [0.1, 0.15) is 5.56 Å². The van der Waals surface area contributed by atoms with Crippen LogP contribution in [0.3, 0.4) is 0 Å². The molecule has 1 amide bonds. The zero-order chi connectivity index (χ0) is 16.1. The lowest BCUT2D eigenvalue weighted by Crippen LogP contribution is -2.30. The Kier molecular flexibility index (Phi) is 5.63. The van der Waals surface area contributed by atoms with E-state index in [0.717, 1.165) is 28.2 Å². The number of amides is 1. The van der Waals surface area contributed by atoms with Gasteiger partial charge in [-0.15, -0.1) is 0 Å². The molecule has 0 saturated heterocycles. The van der Waals surface area contributed by atoms with E-state index in [1.54, 1.807) is 11.9 Å². The Labute approximate surface area is 136 Å². The summed E-state index contributed by atoms with van der Waals surface area (Å²) in [6.45, 7) is 0.651. The van der Waals surface area contributed by atoms with Crippen molar-refractivity contribution in [1.82, 2.24) is 4.90 Å². The van der Waals surface area contributed by atoms with E-state index in [-0.39, 0.29) is 12.2 Å². The van der Waals surface area contributed by atoms with Crippen LogP contribution in [0.2, 0.25) is 0 Å². The Morgan fingerprint density at radius 2 is 1.86 bits per heavy atom. The number of rotatable bonds is 5. The summed E-state index contributed by atoms with van der Waals surface area (Å²) in [5.74, 6) is -1.66. The van der Waals surface area contributed by atoms with Crippen LogP contribution < -0.4 is 5.32 Å². The Hall–Kier alpha value is -1.79. The molecular weight excluding hydrogens is 354 g/mol. The molecule has 2 rings (SSSR count). The molecule has 1 N–H and O–H groups in total. The van der Waals surface area contributed by atoms with Gasteiger partial charge in [0.1, 0.15) is 11.6 Å². The molecule has 0 aliphatic carbocycles. The normalized spacial score (nSPS) is 10.8. The van der Waals surface area contributed by atoms with Crippen molar-refractivity contribution in [3.63, 3.8) is 0 Å². The molecule has 2 aromatic rings. The lowest BCUT2D eigenvalue weighted by Gasteiger charge is -2.16. The monoisotopic (exact) mass is 368 g/mol. The maximum atomic E-state index is 13.5. The van der Waals surface area contributed by atoms with Crippen LogP contribution in [0.4, 0.5) is 14.5 Å². The van der Waals surface area contributed by atoms with Crippen molar-refractivity contribution in [2.75, 3.05) is 18.9 Å². The maximum Gasteiger partial charge on any atom is 0.238 e. The number of nitrogens with one attached hydrogen (secondary N) is 1. The molecule has 0 spiro atoms. The van der Waals surface area contributed by atoms with E-state index in [2.05, 4.69) is 21.2 Å². The predicted molar refractivity (Wildman–Crippen MR) is 85.5 cm³/mol. The molecule has 116 valence electrons. The summed E-state index contributed by atoms with van der Waals surface area (Å²) in [4.78, 5) is 13.7. The molecule has 0 bridgehead atoms. The SMILES string of the molecule is CN(CC(=O)Nc1cc(F)ccc1F)Cc1ccc(Br)cc1. The van der Waals surface area contributed by atoms with Gasteiger partial charge in [-0.05, 0) is 36.9 Å². The molecule has 3 nitrogen and oxygen atoms in total. The highest BCUT2D eigenvalue weighted by Crippen LogP contribution is 2.15. The van der Waals surface area contributed by atoms with Gasteiger partial charge in [0.2, 0.25) is 5.91 Å².